The first kappa shape index (κ1) is 20.0. The molecule has 2 aliphatic heterocycles. The van der Waals surface area contributed by atoms with E-state index in [2.05, 4.69) is 15.8 Å². The van der Waals surface area contributed by atoms with E-state index in [1.165, 1.54) is 19.3 Å². The first-order valence-corrected chi connectivity index (χ1v) is 10.8. The van der Waals surface area contributed by atoms with Crippen LogP contribution in [0.1, 0.15) is 51.4 Å². The number of anilines is 1. The number of rotatable bonds is 3. The zero-order valence-corrected chi connectivity index (χ0v) is 17.2. The Morgan fingerprint density at radius 2 is 2.03 bits per heavy atom. The Morgan fingerprint density at radius 1 is 1.21 bits per heavy atom. The van der Waals surface area contributed by atoms with Crippen molar-refractivity contribution in [2.24, 2.45) is 5.16 Å². The van der Waals surface area contributed by atoms with Crippen molar-refractivity contribution >= 4 is 34.9 Å². The van der Waals surface area contributed by atoms with Gasteiger partial charge in [0.05, 0.1) is 6.54 Å². The molecule has 3 aliphatic rings. The van der Waals surface area contributed by atoms with Crippen molar-refractivity contribution in [2.45, 2.75) is 63.0 Å². The summed E-state index contributed by atoms with van der Waals surface area (Å²) in [7, 11) is 0. The molecule has 156 valence electrons. The lowest BCUT2D eigenvalue weighted by molar-refractivity contribution is -0.110. The second-order valence-electron chi connectivity index (χ2n) is 8.26. The highest BCUT2D eigenvalue weighted by Crippen LogP contribution is 2.34. The second kappa shape index (κ2) is 8.61. The highest BCUT2D eigenvalue weighted by molar-refractivity contribution is 6.43. The average Bonchev–Trinajstić information content (AvgIpc) is 3.12. The molecule has 0 aromatic heterocycles. The van der Waals surface area contributed by atoms with Crippen LogP contribution in [0.2, 0.25) is 5.02 Å². The summed E-state index contributed by atoms with van der Waals surface area (Å²) in [5.74, 6) is -0.298. The molecule has 1 atom stereocenters. The summed E-state index contributed by atoms with van der Waals surface area (Å²) >= 11 is 5.97. The molecule has 1 saturated heterocycles. The van der Waals surface area contributed by atoms with E-state index in [0.29, 0.717) is 35.9 Å². The van der Waals surface area contributed by atoms with Gasteiger partial charge in [0.15, 0.2) is 5.60 Å². The van der Waals surface area contributed by atoms with E-state index in [4.69, 9.17) is 16.4 Å². The first-order valence-electron chi connectivity index (χ1n) is 10.4. The van der Waals surface area contributed by atoms with Gasteiger partial charge in [0, 0.05) is 29.7 Å². The molecule has 1 aromatic rings. The topological polar surface area (TPSA) is 83.0 Å². The van der Waals surface area contributed by atoms with E-state index >= 15 is 0 Å². The molecule has 29 heavy (non-hydrogen) atoms. The van der Waals surface area contributed by atoms with Gasteiger partial charge in [-0.2, -0.15) is 0 Å². The number of urea groups is 1. The number of carbonyl (C=O) groups is 2. The molecule has 3 amide bonds. The number of amides is 3. The zero-order valence-electron chi connectivity index (χ0n) is 16.5. The fraction of sp³-hybridized carbons (Fsp3) is 0.571. The van der Waals surface area contributed by atoms with Crippen LogP contribution in [0.4, 0.5) is 10.5 Å². The molecule has 1 aromatic carbocycles. The quantitative estimate of drug-likeness (QED) is 0.780. The van der Waals surface area contributed by atoms with Gasteiger partial charge in [0.2, 0.25) is 0 Å². The zero-order chi connectivity index (χ0) is 20.3. The molecule has 1 aliphatic carbocycles. The number of carbonyl (C=O) groups excluding carboxylic acids is 2. The largest absolute Gasteiger partial charge is 0.386 e. The summed E-state index contributed by atoms with van der Waals surface area (Å²) in [6.07, 6.45) is 7.72. The number of piperidine rings is 1. The van der Waals surface area contributed by atoms with Crippen LogP contribution >= 0.6 is 11.6 Å². The number of oxime groups is 1. The van der Waals surface area contributed by atoms with Crippen LogP contribution in [0.3, 0.4) is 0 Å². The summed E-state index contributed by atoms with van der Waals surface area (Å²) in [4.78, 5) is 32.8. The van der Waals surface area contributed by atoms with Crippen molar-refractivity contribution in [1.29, 1.82) is 0 Å². The van der Waals surface area contributed by atoms with E-state index in [1.54, 1.807) is 24.3 Å². The first-order chi connectivity index (χ1) is 14.0. The molecule has 2 N–H and O–H groups in total. The van der Waals surface area contributed by atoms with Crippen molar-refractivity contribution in [1.82, 2.24) is 10.2 Å². The second-order valence-corrected chi connectivity index (χ2v) is 8.70. The molecule has 2 heterocycles. The van der Waals surface area contributed by atoms with E-state index < -0.39 is 5.60 Å². The van der Waals surface area contributed by atoms with Crippen LogP contribution in [-0.4, -0.2) is 47.3 Å². The van der Waals surface area contributed by atoms with Gasteiger partial charge in [-0.15, -0.1) is 0 Å². The Morgan fingerprint density at radius 3 is 2.83 bits per heavy atom. The molecular weight excluding hydrogens is 392 g/mol. The third-order valence-electron chi connectivity index (χ3n) is 5.94. The lowest BCUT2D eigenvalue weighted by Gasteiger charge is -2.39. The van der Waals surface area contributed by atoms with Gasteiger partial charge in [-0.25, -0.2) is 4.79 Å². The smallest absolute Gasteiger partial charge is 0.317 e. The summed E-state index contributed by atoms with van der Waals surface area (Å²) < 4.78 is 0. The van der Waals surface area contributed by atoms with Crippen molar-refractivity contribution in [3.05, 3.63) is 29.3 Å². The van der Waals surface area contributed by atoms with Crippen LogP contribution in [0.25, 0.3) is 0 Å². The molecule has 4 rings (SSSR count). The Labute approximate surface area is 175 Å². The monoisotopic (exact) mass is 418 g/mol. The van der Waals surface area contributed by atoms with Gasteiger partial charge in [0.25, 0.3) is 5.91 Å². The SMILES string of the molecule is O=C(Nc1cccc(Cl)c1)C1=NOC2(CCCN(C(=O)NC3CCCCC3)C2)C1. The minimum atomic E-state index is -0.608. The lowest BCUT2D eigenvalue weighted by Crippen LogP contribution is -2.55. The fourth-order valence-corrected chi connectivity index (χ4v) is 4.61. The van der Waals surface area contributed by atoms with E-state index in [1.807, 2.05) is 4.90 Å². The van der Waals surface area contributed by atoms with Gasteiger partial charge in [-0.3, -0.25) is 4.79 Å². The Hall–Kier alpha value is -2.28. The van der Waals surface area contributed by atoms with Gasteiger partial charge < -0.3 is 20.4 Å². The van der Waals surface area contributed by atoms with Crippen LogP contribution in [0.15, 0.2) is 29.4 Å². The number of nitrogens with one attached hydrogen (secondary N) is 2. The number of benzene rings is 1. The number of nitrogens with zero attached hydrogens (tertiary/aromatic N) is 2. The molecule has 2 fully saturated rings. The maximum Gasteiger partial charge on any atom is 0.317 e. The van der Waals surface area contributed by atoms with Crippen molar-refractivity contribution in [3.8, 4) is 0 Å². The average molecular weight is 419 g/mol. The van der Waals surface area contributed by atoms with Crippen molar-refractivity contribution in [3.63, 3.8) is 0 Å². The number of halogens is 1. The summed E-state index contributed by atoms with van der Waals surface area (Å²) in [5.41, 5.74) is 0.353. The van der Waals surface area contributed by atoms with E-state index in [-0.39, 0.29) is 18.0 Å². The molecule has 7 nitrogen and oxygen atoms in total. The van der Waals surface area contributed by atoms with E-state index in [9.17, 15) is 9.59 Å². The van der Waals surface area contributed by atoms with Crippen molar-refractivity contribution in [2.75, 3.05) is 18.4 Å². The minimum Gasteiger partial charge on any atom is -0.386 e. The summed E-state index contributed by atoms with van der Waals surface area (Å²) in [5, 5.41) is 10.6. The highest BCUT2D eigenvalue weighted by atomic mass is 35.5. The van der Waals surface area contributed by atoms with Crippen LogP contribution in [0.5, 0.6) is 0 Å². The number of likely N-dealkylation sites (tertiary alicyclic amines) is 1. The molecule has 1 unspecified atom stereocenters. The lowest BCUT2D eigenvalue weighted by atomic mass is 9.88. The normalized spacial score (nSPS) is 24.7. The van der Waals surface area contributed by atoms with Gasteiger partial charge in [0.1, 0.15) is 5.71 Å². The van der Waals surface area contributed by atoms with Crippen molar-refractivity contribution < 1.29 is 14.4 Å². The molecular formula is C21H27ClN4O3. The Kier molecular flexibility index (Phi) is 5.94. The molecule has 0 radical (unpaired) electrons. The third kappa shape index (κ3) is 4.83. The molecule has 1 spiro atoms. The molecule has 8 heteroatoms. The maximum absolute atomic E-state index is 12.7. The van der Waals surface area contributed by atoms with Crippen LogP contribution < -0.4 is 10.6 Å². The molecule has 1 saturated carbocycles. The Balaban J connectivity index is 1.33. The van der Waals surface area contributed by atoms with Gasteiger partial charge in [-0.1, -0.05) is 42.1 Å². The van der Waals surface area contributed by atoms with Crippen LogP contribution in [-0.2, 0) is 9.63 Å². The van der Waals surface area contributed by atoms with Gasteiger partial charge in [-0.05, 0) is 43.9 Å². The number of hydrogen-bond acceptors (Lipinski definition) is 4. The summed E-state index contributed by atoms with van der Waals surface area (Å²) in [6, 6.07) is 7.22. The minimum absolute atomic E-state index is 0.0311. The third-order valence-corrected chi connectivity index (χ3v) is 6.18. The van der Waals surface area contributed by atoms with Gasteiger partial charge >= 0.3 is 6.03 Å². The number of hydrogen-bond donors (Lipinski definition) is 2. The predicted molar refractivity (Wildman–Crippen MR) is 112 cm³/mol. The maximum atomic E-state index is 12.7. The fourth-order valence-electron chi connectivity index (χ4n) is 4.42. The van der Waals surface area contributed by atoms with Crippen LogP contribution in [0, 0.1) is 0 Å². The highest BCUT2D eigenvalue weighted by Gasteiger charge is 2.45. The predicted octanol–water partition coefficient (Wildman–Crippen LogP) is 3.93. The molecule has 0 bridgehead atoms. The standard InChI is InChI=1S/C21H27ClN4O3/c22-15-6-4-9-17(12-15)23-19(27)18-13-21(29-25-18)10-5-11-26(14-21)20(28)24-16-7-2-1-3-8-16/h4,6,9,12,16H,1-3,5,7-8,10-11,13-14H2,(H,23,27)(H,24,28). The Bertz CT molecular complexity index is 809. The van der Waals surface area contributed by atoms with E-state index in [0.717, 1.165) is 25.7 Å². The summed E-state index contributed by atoms with van der Waals surface area (Å²) in [6.45, 7) is 1.15.